The van der Waals surface area contributed by atoms with Crippen LogP contribution in [0.2, 0.25) is 5.02 Å². The predicted octanol–water partition coefficient (Wildman–Crippen LogP) is 1.38. The number of nitrogens with zero attached hydrogens (tertiary/aromatic N) is 2. The lowest BCUT2D eigenvalue weighted by Crippen LogP contribution is -2.51. The van der Waals surface area contributed by atoms with Crippen LogP contribution in [-0.4, -0.2) is 67.7 Å². The minimum Gasteiger partial charge on any atom is -0.339 e. The summed E-state index contributed by atoms with van der Waals surface area (Å²) >= 11 is 5.85. The van der Waals surface area contributed by atoms with Crippen LogP contribution in [-0.2, 0) is 25.8 Å². The number of benzene rings is 1. The fraction of sp³-hybridized carbons (Fsp3) is 0.556. The first-order valence-electron chi connectivity index (χ1n) is 8.83. The van der Waals surface area contributed by atoms with Gasteiger partial charge in [0.1, 0.15) is 0 Å². The average molecular weight is 399 g/mol. The molecule has 26 heavy (non-hydrogen) atoms. The van der Waals surface area contributed by atoms with Gasteiger partial charge in [-0.15, -0.1) is 0 Å². The molecule has 0 radical (unpaired) electrons. The van der Waals surface area contributed by atoms with Gasteiger partial charge in [0.15, 0.2) is 9.84 Å². The molecule has 0 saturated carbocycles. The molecule has 2 amide bonds. The SMILES string of the molecule is O=C(Cc1ccc(Cl)cc1)N1CCN(C(=O)C[C@@H]2CCS(=O)(=O)C2)CC1. The molecule has 3 rings (SSSR count). The van der Waals surface area contributed by atoms with Crippen molar-refractivity contribution in [3.05, 3.63) is 34.9 Å². The van der Waals surface area contributed by atoms with Crippen LogP contribution in [0.15, 0.2) is 24.3 Å². The molecule has 2 saturated heterocycles. The normalized spacial score (nSPS) is 22.4. The lowest BCUT2D eigenvalue weighted by molar-refractivity contribution is -0.139. The number of hydrogen-bond donors (Lipinski definition) is 0. The number of hydrogen-bond acceptors (Lipinski definition) is 4. The van der Waals surface area contributed by atoms with E-state index in [4.69, 9.17) is 11.6 Å². The van der Waals surface area contributed by atoms with E-state index in [1.54, 1.807) is 21.9 Å². The van der Waals surface area contributed by atoms with Gasteiger partial charge in [0.05, 0.1) is 17.9 Å². The molecule has 0 unspecified atom stereocenters. The molecule has 0 N–H and O–H groups in total. The molecule has 8 heteroatoms. The van der Waals surface area contributed by atoms with Gasteiger partial charge >= 0.3 is 0 Å². The van der Waals surface area contributed by atoms with E-state index in [9.17, 15) is 18.0 Å². The molecule has 6 nitrogen and oxygen atoms in total. The summed E-state index contributed by atoms with van der Waals surface area (Å²) in [6.07, 6.45) is 1.19. The summed E-state index contributed by atoms with van der Waals surface area (Å²) < 4.78 is 23.0. The number of piperazine rings is 1. The Morgan fingerprint density at radius 3 is 2.12 bits per heavy atom. The van der Waals surface area contributed by atoms with Crippen molar-refractivity contribution in [2.45, 2.75) is 19.3 Å². The Hall–Kier alpha value is -1.60. The Morgan fingerprint density at radius 1 is 1.00 bits per heavy atom. The van der Waals surface area contributed by atoms with Crippen LogP contribution in [0.25, 0.3) is 0 Å². The minimum atomic E-state index is -2.96. The number of sulfone groups is 1. The predicted molar refractivity (Wildman–Crippen MR) is 99.7 cm³/mol. The monoisotopic (exact) mass is 398 g/mol. The van der Waals surface area contributed by atoms with Gasteiger partial charge in [-0.05, 0) is 30.0 Å². The summed E-state index contributed by atoms with van der Waals surface area (Å²) in [4.78, 5) is 28.3. The molecule has 0 aromatic heterocycles. The van der Waals surface area contributed by atoms with Crippen molar-refractivity contribution in [2.75, 3.05) is 37.7 Å². The van der Waals surface area contributed by atoms with Crippen molar-refractivity contribution in [3.8, 4) is 0 Å². The number of amides is 2. The second-order valence-electron chi connectivity index (χ2n) is 7.04. The largest absolute Gasteiger partial charge is 0.339 e. The van der Waals surface area contributed by atoms with E-state index >= 15 is 0 Å². The molecule has 0 bridgehead atoms. The smallest absolute Gasteiger partial charge is 0.227 e. The topological polar surface area (TPSA) is 74.8 Å². The lowest BCUT2D eigenvalue weighted by atomic mass is 10.0. The Bertz CT molecular complexity index is 771. The van der Waals surface area contributed by atoms with Gasteiger partial charge in [-0.2, -0.15) is 0 Å². The maximum absolute atomic E-state index is 12.4. The van der Waals surface area contributed by atoms with Crippen molar-refractivity contribution in [2.24, 2.45) is 5.92 Å². The van der Waals surface area contributed by atoms with Crippen molar-refractivity contribution >= 4 is 33.3 Å². The summed E-state index contributed by atoms with van der Waals surface area (Å²) in [5.41, 5.74) is 0.917. The van der Waals surface area contributed by atoms with E-state index in [0.717, 1.165) is 5.56 Å². The molecule has 0 spiro atoms. The minimum absolute atomic E-state index is 0.00287. The zero-order valence-electron chi connectivity index (χ0n) is 14.6. The maximum Gasteiger partial charge on any atom is 0.227 e. The van der Waals surface area contributed by atoms with Gasteiger partial charge < -0.3 is 9.80 Å². The zero-order chi connectivity index (χ0) is 18.7. The summed E-state index contributed by atoms with van der Waals surface area (Å²) in [7, 11) is -2.96. The molecule has 1 aromatic carbocycles. The van der Waals surface area contributed by atoms with Crippen molar-refractivity contribution in [1.29, 1.82) is 0 Å². The van der Waals surface area contributed by atoms with E-state index in [2.05, 4.69) is 0 Å². The molecule has 2 aliphatic rings. The van der Waals surface area contributed by atoms with Crippen LogP contribution in [0.3, 0.4) is 0 Å². The van der Waals surface area contributed by atoms with E-state index in [0.29, 0.717) is 44.0 Å². The molecule has 2 heterocycles. The lowest BCUT2D eigenvalue weighted by Gasteiger charge is -2.35. The quantitative estimate of drug-likeness (QED) is 0.767. The summed E-state index contributed by atoms with van der Waals surface area (Å²) in [6.45, 7) is 2.04. The van der Waals surface area contributed by atoms with Gasteiger partial charge in [-0.25, -0.2) is 8.42 Å². The number of carbonyl (C=O) groups is 2. The molecular formula is C18H23ClN2O4S. The van der Waals surface area contributed by atoms with Crippen molar-refractivity contribution in [1.82, 2.24) is 9.80 Å². The molecule has 1 atom stereocenters. The Labute approximate surface area is 159 Å². The number of rotatable bonds is 4. The summed E-state index contributed by atoms with van der Waals surface area (Å²) in [6, 6.07) is 7.22. The number of halogens is 1. The standard InChI is InChI=1S/C18H23ClN2O4S/c19-16-3-1-14(2-4-16)11-17(22)20-6-8-21(9-7-20)18(23)12-15-5-10-26(24,25)13-15/h1-4,15H,5-13H2/t15-/m0/s1. The Morgan fingerprint density at radius 2 is 1.58 bits per heavy atom. The molecular weight excluding hydrogens is 376 g/mol. The van der Waals surface area contributed by atoms with Crippen LogP contribution >= 0.6 is 11.6 Å². The fourth-order valence-electron chi connectivity index (χ4n) is 3.50. The third-order valence-electron chi connectivity index (χ3n) is 5.04. The average Bonchev–Trinajstić information content (AvgIpc) is 2.95. The van der Waals surface area contributed by atoms with E-state index in [1.165, 1.54) is 0 Å². The van der Waals surface area contributed by atoms with Gasteiger partial charge in [0, 0.05) is 37.6 Å². The first-order chi connectivity index (χ1) is 12.3. The van der Waals surface area contributed by atoms with Crippen LogP contribution in [0.1, 0.15) is 18.4 Å². The second-order valence-corrected chi connectivity index (χ2v) is 9.70. The summed E-state index contributed by atoms with van der Waals surface area (Å²) in [5.74, 6) is 0.297. The summed E-state index contributed by atoms with van der Waals surface area (Å²) in [5, 5.41) is 0.642. The van der Waals surface area contributed by atoms with Crippen LogP contribution < -0.4 is 0 Å². The fourth-order valence-corrected chi connectivity index (χ4v) is 5.49. The first-order valence-corrected chi connectivity index (χ1v) is 11.0. The van der Waals surface area contributed by atoms with E-state index in [1.807, 2.05) is 12.1 Å². The van der Waals surface area contributed by atoms with E-state index < -0.39 is 9.84 Å². The first kappa shape index (κ1) is 19.2. The zero-order valence-corrected chi connectivity index (χ0v) is 16.1. The molecule has 142 valence electrons. The molecule has 1 aromatic rings. The number of carbonyl (C=O) groups excluding carboxylic acids is 2. The third kappa shape index (κ3) is 4.98. The second kappa shape index (κ2) is 7.96. The van der Waals surface area contributed by atoms with Gasteiger partial charge in [-0.1, -0.05) is 23.7 Å². The molecule has 2 aliphatic heterocycles. The highest BCUT2D eigenvalue weighted by Crippen LogP contribution is 2.22. The highest BCUT2D eigenvalue weighted by Gasteiger charge is 2.32. The van der Waals surface area contributed by atoms with Crippen molar-refractivity contribution < 1.29 is 18.0 Å². The molecule has 0 aliphatic carbocycles. The third-order valence-corrected chi connectivity index (χ3v) is 7.13. The maximum atomic E-state index is 12.4. The van der Waals surface area contributed by atoms with E-state index in [-0.39, 0.29) is 35.7 Å². The Kier molecular flexibility index (Phi) is 5.87. The van der Waals surface area contributed by atoms with Gasteiger partial charge in [0.2, 0.25) is 11.8 Å². The van der Waals surface area contributed by atoms with Crippen LogP contribution in [0, 0.1) is 5.92 Å². The Balaban J connectivity index is 1.45. The van der Waals surface area contributed by atoms with Crippen LogP contribution in [0.4, 0.5) is 0 Å². The van der Waals surface area contributed by atoms with Gasteiger partial charge in [-0.3, -0.25) is 9.59 Å². The highest BCUT2D eigenvalue weighted by molar-refractivity contribution is 7.91. The highest BCUT2D eigenvalue weighted by atomic mass is 35.5. The molecule has 2 fully saturated rings. The van der Waals surface area contributed by atoms with Crippen LogP contribution in [0.5, 0.6) is 0 Å². The van der Waals surface area contributed by atoms with Crippen molar-refractivity contribution in [3.63, 3.8) is 0 Å². The van der Waals surface area contributed by atoms with Gasteiger partial charge in [0.25, 0.3) is 0 Å².